The summed E-state index contributed by atoms with van der Waals surface area (Å²) in [6.45, 7) is 0. The summed E-state index contributed by atoms with van der Waals surface area (Å²) in [5.41, 5.74) is -3.09. The molecule has 1 heterocycles. The van der Waals surface area contributed by atoms with Crippen LogP contribution in [0.25, 0.3) is 0 Å². The van der Waals surface area contributed by atoms with Crippen molar-refractivity contribution >= 4 is 0 Å². The van der Waals surface area contributed by atoms with Gasteiger partial charge in [-0.15, -0.1) is 0 Å². The SMILES string of the molecule is FC(F)(F)c1[c]nc(C(F)(F)F)cn1. The molecule has 0 unspecified atom stereocenters. The maximum atomic E-state index is 11.8. The Morgan fingerprint density at radius 2 is 1.57 bits per heavy atom. The topological polar surface area (TPSA) is 25.8 Å². The second-order valence-electron chi connectivity index (χ2n) is 2.21. The maximum absolute atomic E-state index is 11.8. The second kappa shape index (κ2) is 3.10. The molecule has 0 bridgehead atoms. The van der Waals surface area contributed by atoms with Gasteiger partial charge in [-0.25, -0.2) is 9.97 Å². The monoisotopic (exact) mass is 215 g/mol. The lowest BCUT2D eigenvalue weighted by Gasteiger charge is -2.06. The zero-order chi connectivity index (χ0) is 11.0. The molecule has 0 spiro atoms. The number of rotatable bonds is 0. The van der Waals surface area contributed by atoms with Crippen molar-refractivity contribution in [2.75, 3.05) is 0 Å². The number of hydrogen-bond acceptors (Lipinski definition) is 2. The fourth-order valence-electron chi connectivity index (χ4n) is 0.570. The zero-order valence-corrected chi connectivity index (χ0v) is 6.24. The molecule has 0 atom stereocenters. The van der Waals surface area contributed by atoms with E-state index in [1.54, 1.807) is 0 Å². The van der Waals surface area contributed by atoms with Crippen LogP contribution >= 0.6 is 0 Å². The first kappa shape index (κ1) is 10.7. The van der Waals surface area contributed by atoms with Crippen molar-refractivity contribution in [1.29, 1.82) is 0 Å². The molecule has 0 aliphatic heterocycles. The standard InChI is InChI=1S/C6HF6N2/c7-5(8,9)3-1-13-4(2-14-3)6(10,11)12/h1H. The van der Waals surface area contributed by atoms with Gasteiger partial charge < -0.3 is 0 Å². The van der Waals surface area contributed by atoms with Crippen molar-refractivity contribution in [2.45, 2.75) is 12.4 Å². The molecular formula is C6HF6N2. The summed E-state index contributed by atoms with van der Waals surface area (Å²) < 4.78 is 70.8. The molecule has 0 saturated heterocycles. The van der Waals surface area contributed by atoms with Gasteiger partial charge in [0.15, 0.2) is 11.4 Å². The predicted octanol–water partition coefficient (Wildman–Crippen LogP) is 2.31. The molecular weight excluding hydrogens is 214 g/mol. The first-order chi connectivity index (χ1) is 6.21. The van der Waals surface area contributed by atoms with Crippen LogP contribution in [0.3, 0.4) is 0 Å². The van der Waals surface area contributed by atoms with Gasteiger partial charge in [0.05, 0.1) is 6.20 Å². The van der Waals surface area contributed by atoms with Gasteiger partial charge in [0.25, 0.3) is 0 Å². The summed E-state index contributed by atoms with van der Waals surface area (Å²) in [5, 5.41) is 0. The minimum absolute atomic E-state index is 0.0132. The predicted molar refractivity (Wildman–Crippen MR) is 30.9 cm³/mol. The minimum atomic E-state index is -4.84. The van der Waals surface area contributed by atoms with E-state index < -0.39 is 23.7 Å². The lowest BCUT2D eigenvalue weighted by atomic mass is 10.4. The molecule has 1 rings (SSSR count). The fourth-order valence-corrected chi connectivity index (χ4v) is 0.570. The number of hydrogen-bond donors (Lipinski definition) is 0. The van der Waals surface area contributed by atoms with Gasteiger partial charge >= 0.3 is 12.4 Å². The highest BCUT2D eigenvalue weighted by Crippen LogP contribution is 2.29. The van der Waals surface area contributed by atoms with E-state index in [4.69, 9.17) is 0 Å². The van der Waals surface area contributed by atoms with Crippen LogP contribution in [-0.4, -0.2) is 9.97 Å². The molecule has 77 valence electrons. The van der Waals surface area contributed by atoms with Crippen LogP contribution in [0, 0.1) is 6.20 Å². The highest BCUT2D eigenvalue weighted by Gasteiger charge is 2.37. The van der Waals surface area contributed by atoms with Crippen LogP contribution < -0.4 is 0 Å². The van der Waals surface area contributed by atoms with Gasteiger partial charge in [0, 0.05) is 0 Å². The van der Waals surface area contributed by atoms with E-state index in [1.165, 1.54) is 6.20 Å². The van der Waals surface area contributed by atoms with E-state index >= 15 is 0 Å². The van der Waals surface area contributed by atoms with Gasteiger partial charge in [-0.3, -0.25) is 0 Å². The van der Waals surface area contributed by atoms with Crippen LogP contribution in [-0.2, 0) is 12.4 Å². The van der Waals surface area contributed by atoms with E-state index in [-0.39, 0.29) is 6.20 Å². The Balaban J connectivity index is 3.02. The van der Waals surface area contributed by atoms with Crippen molar-refractivity contribution in [1.82, 2.24) is 9.97 Å². The van der Waals surface area contributed by atoms with Gasteiger partial charge in [-0.1, -0.05) is 0 Å². The summed E-state index contributed by atoms with van der Waals surface area (Å²) >= 11 is 0. The first-order valence-electron chi connectivity index (χ1n) is 3.10. The Kier molecular flexibility index (Phi) is 2.38. The Labute approximate surface area is 73.6 Å². The molecule has 0 aliphatic carbocycles. The lowest BCUT2D eigenvalue weighted by Crippen LogP contribution is -2.13. The van der Waals surface area contributed by atoms with Gasteiger partial charge in [0.1, 0.15) is 6.20 Å². The molecule has 0 aliphatic rings. The van der Waals surface area contributed by atoms with Gasteiger partial charge in [-0.2, -0.15) is 26.3 Å². The van der Waals surface area contributed by atoms with Crippen molar-refractivity contribution in [3.63, 3.8) is 0 Å². The molecule has 14 heavy (non-hydrogen) atoms. The Morgan fingerprint density at radius 1 is 1.00 bits per heavy atom. The maximum Gasteiger partial charge on any atom is 0.435 e. The lowest BCUT2D eigenvalue weighted by molar-refractivity contribution is -0.147. The molecule has 8 heteroatoms. The van der Waals surface area contributed by atoms with Crippen LogP contribution in [0.15, 0.2) is 6.20 Å². The number of nitrogens with zero attached hydrogens (tertiary/aromatic N) is 2. The summed E-state index contributed by atoms with van der Waals surface area (Å²) in [6.07, 6.45) is -8.46. The Hall–Kier alpha value is -1.34. The molecule has 0 N–H and O–H groups in total. The first-order valence-corrected chi connectivity index (χ1v) is 3.10. The highest BCUT2D eigenvalue weighted by molar-refractivity contribution is 5.06. The zero-order valence-electron chi connectivity index (χ0n) is 6.24. The van der Waals surface area contributed by atoms with Crippen LogP contribution in [0.2, 0.25) is 0 Å². The van der Waals surface area contributed by atoms with E-state index in [1.807, 2.05) is 0 Å². The quantitative estimate of drug-likeness (QED) is 0.620. The average molecular weight is 215 g/mol. The van der Waals surface area contributed by atoms with Crippen LogP contribution in [0.5, 0.6) is 0 Å². The molecule has 0 aromatic carbocycles. The van der Waals surface area contributed by atoms with E-state index in [9.17, 15) is 26.3 Å². The van der Waals surface area contributed by atoms with Crippen molar-refractivity contribution < 1.29 is 26.3 Å². The highest BCUT2D eigenvalue weighted by atomic mass is 19.4. The van der Waals surface area contributed by atoms with Gasteiger partial charge in [-0.05, 0) is 0 Å². The fraction of sp³-hybridized carbons (Fsp3) is 0.333. The Bertz CT molecular complexity index is 278. The summed E-state index contributed by atoms with van der Waals surface area (Å²) in [4.78, 5) is 5.04. The third kappa shape index (κ3) is 2.33. The third-order valence-electron chi connectivity index (χ3n) is 1.16. The molecule has 2 nitrogen and oxygen atoms in total. The van der Waals surface area contributed by atoms with Crippen LogP contribution in [0.1, 0.15) is 11.4 Å². The van der Waals surface area contributed by atoms with E-state index in [0.29, 0.717) is 0 Å². The van der Waals surface area contributed by atoms with Crippen molar-refractivity contribution in [3.05, 3.63) is 23.8 Å². The van der Waals surface area contributed by atoms with Crippen molar-refractivity contribution in [3.8, 4) is 0 Å². The average Bonchev–Trinajstić information content (AvgIpc) is 2.01. The normalized spacial score (nSPS) is 13.0. The molecule has 0 saturated carbocycles. The van der Waals surface area contributed by atoms with Crippen molar-refractivity contribution in [2.24, 2.45) is 0 Å². The summed E-state index contributed by atoms with van der Waals surface area (Å²) in [6, 6.07) is 0. The van der Waals surface area contributed by atoms with Gasteiger partial charge in [0.2, 0.25) is 0 Å². The molecule has 1 aromatic heterocycles. The van der Waals surface area contributed by atoms with Crippen LogP contribution in [0.4, 0.5) is 26.3 Å². The molecule has 1 radical (unpaired) electrons. The number of alkyl halides is 6. The number of halogens is 6. The molecule has 0 amide bonds. The Morgan fingerprint density at radius 3 is 1.86 bits per heavy atom. The molecule has 1 aromatic rings. The minimum Gasteiger partial charge on any atom is -0.247 e. The number of aromatic nitrogens is 2. The third-order valence-corrected chi connectivity index (χ3v) is 1.16. The van der Waals surface area contributed by atoms with E-state index in [0.717, 1.165) is 0 Å². The second-order valence-corrected chi connectivity index (χ2v) is 2.21. The largest absolute Gasteiger partial charge is 0.435 e. The smallest absolute Gasteiger partial charge is 0.247 e. The summed E-state index contributed by atoms with van der Waals surface area (Å²) in [7, 11) is 0. The summed E-state index contributed by atoms with van der Waals surface area (Å²) in [5.74, 6) is 0. The molecule has 0 fully saturated rings. The van der Waals surface area contributed by atoms with E-state index in [2.05, 4.69) is 9.97 Å².